The maximum atomic E-state index is 12.4. The maximum Gasteiger partial charge on any atom is 0.257 e. The lowest BCUT2D eigenvalue weighted by molar-refractivity contribution is 0.0627. The smallest absolute Gasteiger partial charge is 0.257 e. The van der Waals surface area contributed by atoms with Crippen LogP contribution in [0.1, 0.15) is 33.1 Å². The van der Waals surface area contributed by atoms with Gasteiger partial charge in [-0.05, 0) is 19.9 Å². The molecule has 0 spiro atoms. The summed E-state index contributed by atoms with van der Waals surface area (Å²) in [5.41, 5.74) is 8.17. The first-order valence-corrected chi connectivity index (χ1v) is 7.79. The summed E-state index contributed by atoms with van der Waals surface area (Å²) < 4.78 is 10.4. The highest BCUT2D eigenvalue weighted by atomic mass is 35.5. The molecule has 0 radical (unpaired) electrons. The van der Waals surface area contributed by atoms with Crippen molar-refractivity contribution >= 4 is 30.7 Å². The molecular formula is C16H24Cl2N4O3. The van der Waals surface area contributed by atoms with E-state index in [1.165, 1.54) is 6.26 Å². The Morgan fingerprint density at radius 2 is 1.92 bits per heavy atom. The van der Waals surface area contributed by atoms with Gasteiger partial charge in [-0.3, -0.25) is 9.69 Å². The number of carbonyl (C=O) groups excluding carboxylic acids is 1. The second-order valence-electron chi connectivity index (χ2n) is 5.88. The van der Waals surface area contributed by atoms with Crippen LogP contribution in [0, 0.1) is 13.8 Å². The molecule has 0 unspecified atom stereocenters. The van der Waals surface area contributed by atoms with Crippen LogP contribution in [0.25, 0.3) is 0 Å². The van der Waals surface area contributed by atoms with E-state index in [0.717, 1.165) is 36.7 Å². The van der Waals surface area contributed by atoms with Crippen LogP contribution >= 0.6 is 24.8 Å². The molecule has 0 saturated carbocycles. The lowest BCUT2D eigenvalue weighted by Crippen LogP contribution is -2.48. The zero-order valence-electron chi connectivity index (χ0n) is 14.4. The summed E-state index contributed by atoms with van der Waals surface area (Å²) in [7, 11) is 0. The van der Waals surface area contributed by atoms with Gasteiger partial charge in [0.15, 0.2) is 0 Å². The Hall–Kier alpha value is -1.54. The van der Waals surface area contributed by atoms with Gasteiger partial charge in [0.05, 0.1) is 17.8 Å². The fraction of sp³-hybridized carbons (Fsp3) is 0.500. The number of amides is 1. The second kappa shape index (κ2) is 9.24. The van der Waals surface area contributed by atoms with Crippen LogP contribution < -0.4 is 5.73 Å². The SMILES string of the molecule is Cc1noc(C)c1CN1CCN(C(=O)c2coc(CN)c2)CC1.Cl.Cl. The van der Waals surface area contributed by atoms with Gasteiger partial charge in [-0.1, -0.05) is 5.16 Å². The Morgan fingerprint density at radius 1 is 1.24 bits per heavy atom. The van der Waals surface area contributed by atoms with Gasteiger partial charge >= 0.3 is 0 Å². The average Bonchev–Trinajstić information content (AvgIpc) is 3.17. The van der Waals surface area contributed by atoms with Crippen LogP contribution in [0.5, 0.6) is 0 Å². The number of aromatic nitrogens is 1. The van der Waals surface area contributed by atoms with Crippen molar-refractivity contribution in [2.75, 3.05) is 26.2 Å². The van der Waals surface area contributed by atoms with Gasteiger partial charge in [-0.25, -0.2) is 0 Å². The van der Waals surface area contributed by atoms with Crippen molar-refractivity contribution in [1.82, 2.24) is 15.0 Å². The van der Waals surface area contributed by atoms with Crippen molar-refractivity contribution in [3.8, 4) is 0 Å². The lowest BCUT2D eigenvalue weighted by Gasteiger charge is -2.34. The highest BCUT2D eigenvalue weighted by Gasteiger charge is 2.24. The quantitative estimate of drug-likeness (QED) is 0.859. The summed E-state index contributed by atoms with van der Waals surface area (Å²) in [6, 6.07) is 1.72. The zero-order chi connectivity index (χ0) is 16.4. The van der Waals surface area contributed by atoms with E-state index >= 15 is 0 Å². The number of carbonyl (C=O) groups is 1. The van der Waals surface area contributed by atoms with Gasteiger partial charge in [0.25, 0.3) is 5.91 Å². The van der Waals surface area contributed by atoms with Gasteiger partial charge in [0.1, 0.15) is 17.8 Å². The maximum absolute atomic E-state index is 12.4. The van der Waals surface area contributed by atoms with Crippen molar-refractivity contribution in [2.24, 2.45) is 5.73 Å². The molecule has 3 rings (SSSR count). The normalized spacial score (nSPS) is 14.8. The summed E-state index contributed by atoms with van der Waals surface area (Å²) in [5, 5.41) is 3.99. The predicted molar refractivity (Wildman–Crippen MR) is 98.3 cm³/mol. The third kappa shape index (κ3) is 4.76. The van der Waals surface area contributed by atoms with Crippen molar-refractivity contribution in [1.29, 1.82) is 0 Å². The highest BCUT2D eigenvalue weighted by molar-refractivity contribution is 5.94. The van der Waals surface area contributed by atoms with Crippen LogP contribution in [-0.4, -0.2) is 47.0 Å². The van der Waals surface area contributed by atoms with E-state index in [2.05, 4.69) is 10.1 Å². The van der Waals surface area contributed by atoms with Gasteiger partial charge in [0, 0.05) is 38.3 Å². The molecule has 7 nitrogen and oxygen atoms in total. The van der Waals surface area contributed by atoms with E-state index in [-0.39, 0.29) is 30.7 Å². The standard InChI is InChI=1S/C16H22N4O3.2ClH/c1-11-15(12(2)23-18-11)9-19-3-5-20(6-4-19)16(21)13-7-14(8-17)22-10-13;;/h7,10H,3-6,8-9,17H2,1-2H3;2*1H. The van der Waals surface area contributed by atoms with E-state index in [1.807, 2.05) is 18.7 Å². The van der Waals surface area contributed by atoms with Crippen molar-refractivity contribution in [2.45, 2.75) is 26.9 Å². The van der Waals surface area contributed by atoms with Crippen molar-refractivity contribution in [3.05, 3.63) is 40.7 Å². The largest absolute Gasteiger partial charge is 0.467 e. The summed E-state index contributed by atoms with van der Waals surface area (Å²) in [6.45, 7) is 8.07. The topological polar surface area (TPSA) is 88.7 Å². The summed E-state index contributed by atoms with van der Waals surface area (Å²) >= 11 is 0. The van der Waals surface area contributed by atoms with Crippen LogP contribution in [-0.2, 0) is 13.1 Å². The molecule has 1 amide bonds. The molecule has 2 N–H and O–H groups in total. The molecule has 1 aliphatic heterocycles. The minimum atomic E-state index is 0. The summed E-state index contributed by atoms with van der Waals surface area (Å²) in [4.78, 5) is 16.6. The predicted octanol–water partition coefficient (Wildman–Crippen LogP) is 2.14. The molecule has 0 aliphatic carbocycles. The number of rotatable bonds is 4. The summed E-state index contributed by atoms with van der Waals surface area (Å²) in [5.74, 6) is 1.50. The minimum Gasteiger partial charge on any atom is -0.467 e. The molecule has 0 atom stereocenters. The van der Waals surface area contributed by atoms with E-state index in [9.17, 15) is 4.79 Å². The number of aryl methyl sites for hydroxylation is 2. The van der Waals surface area contributed by atoms with Crippen LogP contribution in [0.4, 0.5) is 0 Å². The Kier molecular flexibility index (Phi) is 7.95. The average molecular weight is 391 g/mol. The van der Waals surface area contributed by atoms with E-state index in [0.29, 0.717) is 31.0 Å². The second-order valence-corrected chi connectivity index (χ2v) is 5.88. The van der Waals surface area contributed by atoms with E-state index in [4.69, 9.17) is 14.7 Å². The molecule has 1 saturated heterocycles. The first kappa shape index (κ1) is 21.5. The fourth-order valence-electron chi connectivity index (χ4n) is 2.84. The van der Waals surface area contributed by atoms with Crippen LogP contribution in [0.15, 0.2) is 21.3 Å². The molecule has 3 heterocycles. The molecule has 0 bridgehead atoms. The van der Waals surface area contributed by atoms with E-state index < -0.39 is 0 Å². The van der Waals surface area contributed by atoms with Crippen LogP contribution in [0.2, 0.25) is 0 Å². The number of furan rings is 1. The molecule has 140 valence electrons. The number of hydrogen-bond donors (Lipinski definition) is 1. The minimum absolute atomic E-state index is 0. The molecule has 1 fully saturated rings. The van der Waals surface area contributed by atoms with Gasteiger partial charge in [0.2, 0.25) is 0 Å². The van der Waals surface area contributed by atoms with E-state index in [1.54, 1.807) is 6.07 Å². The Bertz CT molecular complexity index is 674. The first-order chi connectivity index (χ1) is 11.1. The molecule has 2 aromatic rings. The highest BCUT2D eigenvalue weighted by Crippen LogP contribution is 2.17. The first-order valence-electron chi connectivity index (χ1n) is 7.79. The summed E-state index contributed by atoms with van der Waals surface area (Å²) in [6.07, 6.45) is 1.49. The van der Waals surface area contributed by atoms with Gasteiger partial charge < -0.3 is 19.6 Å². The number of halogens is 2. The van der Waals surface area contributed by atoms with Gasteiger partial charge in [-0.2, -0.15) is 0 Å². The number of hydrogen-bond acceptors (Lipinski definition) is 6. The number of nitrogens with two attached hydrogens (primary N) is 1. The molecule has 0 aromatic carbocycles. The molecule has 9 heteroatoms. The lowest BCUT2D eigenvalue weighted by atomic mass is 10.1. The van der Waals surface area contributed by atoms with Crippen molar-refractivity contribution in [3.63, 3.8) is 0 Å². The van der Waals surface area contributed by atoms with Crippen LogP contribution in [0.3, 0.4) is 0 Å². The number of piperazine rings is 1. The van der Waals surface area contributed by atoms with Crippen molar-refractivity contribution < 1.29 is 13.7 Å². The van der Waals surface area contributed by atoms with Gasteiger partial charge in [-0.15, -0.1) is 24.8 Å². The fourth-order valence-corrected chi connectivity index (χ4v) is 2.84. The Morgan fingerprint density at radius 3 is 2.44 bits per heavy atom. The molecule has 25 heavy (non-hydrogen) atoms. The third-order valence-electron chi connectivity index (χ3n) is 4.32. The molecule has 2 aromatic heterocycles. The third-order valence-corrected chi connectivity index (χ3v) is 4.32. The Balaban J connectivity index is 0.00000156. The monoisotopic (exact) mass is 390 g/mol. The number of nitrogens with zero attached hydrogens (tertiary/aromatic N) is 3. The molecular weight excluding hydrogens is 367 g/mol. The zero-order valence-corrected chi connectivity index (χ0v) is 16.0. The molecule has 1 aliphatic rings. The Labute approximate surface area is 159 Å².